The van der Waals surface area contributed by atoms with Gasteiger partial charge in [0, 0.05) is 0 Å². The second kappa shape index (κ2) is 7.68. The van der Waals surface area contributed by atoms with Crippen LogP contribution >= 0.6 is 11.6 Å². The lowest BCUT2D eigenvalue weighted by Crippen LogP contribution is -2.31. The summed E-state index contributed by atoms with van der Waals surface area (Å²) in [5, 5.41) is -0.150. The molecule has 0 unspecified atom stereocenters. The van der Waals surface area contributed by atoms with Crippen LogP contribution in [0.2, 0.25) is 5.02 Å². The molecule has 0 N–H and O–H groups in total. The first-order valence-electron chi connectivity index (χ1n) is 7.21. The van der Waals surface area contributed by atoms with Crippen molar-refractivity contribution in [2.24, 2.45) is 0 Å². The molecule has 0 aliphatic heterocycles. The third-order valence-corrected chi connectivity index (χ3v) is 5.31. The van der Waals surface area contributed by atoms with Gasteiger partial charge in [0.05, 0.1) is 28.8 Å². The van der Waals surface area contributed by atoms with E-state index in [2.05, 4.69) is 6.58 Å². The molecule has 0 fully saturated rings. The number of rotatable bonds is 7. The SMILES string of the molecule is C=CCN(c1ccc(F)c(Cl)c1)S(=O)(=O)c1ccc(OCC)cc1. The van der Waals surface area contributed by atoms with E-state index in [1.807, 2.05) is 6.92 Å². The third kappa shape index (κ3) is 3.88. The minimum absolute atomic E-state index is 0.0253. The highest BCUT2D eigenvalue weighted by Crippen LogP contribution is 2.28. The van der Waals surface area contributed by atoms with Crippen molar-refractivity contribution in [3.05, 3.63) is 66.0 Å². The van der Waals surface area contributed by atoms with Crippen LogP contribution in [0.5, 0.6) is 5.75 Å². The molecule has 2 rings (SSSR count). The Balaban J connectivity index is 2.44. The van der Waals surface area contributed by atoms with Crippen molar-refractivity contribution in [1.29, 1.82) is 0 Å². The van der Waals surface area contributed by atoms with E-state index < -0.39 is 15.8 Å². The molecule has 4 nitrogen and oxygen atoms in total. The number of nitrogens with zero attached hydrogens (tertiary/aromatic N) is 1. The van der Waals surface area contributed by atoms with Gasteiger partial charge in [-0.1, -0.05) is 17.7 Å². The molecule has 128 valence electrons. The van der Waals surface area contributed by atoms with Crippen LogP contribution in [-0.4, -0.2) is 21.6 Å². The van der Waals surface area contributed by atoms with Crippen LogP contribution in [0.1, 0.15) is 6.92 Å². The molecule has 0 radical (unpaired) electrons. The Morgan fingerprint density at radius 2 is 1.92 bits per heavy atom. The monoisotopic (exact) mass is 369 g/mol. The largest absolute Gasteiger partial charge is 0.494 e. The summed E-state index contributed by atoms with van der Waals surface area (Å²) >= 11 is 5.77. The van der Waals surface area contributed by atoms with Crippen LogP contribution in [0.4, 0.5) is 10.1 Å². The number of anilines is 1. The van der Waals surface area contributed by atoms with E-state index in [0.717, 1.165) is 10.4 Å². The van der Waals surface area contributed by atoms with Crippen molar-refractivity contribution in [2.75, 3.05) is 17.5 Å². The van der Waals surface area contributed by atoms with Gasteiger partial charge in [0.2, 0.25) is 0 Å². The van der Waals surface area contributed by atoms with Gasteiger partial charge in [-0.05, 0) is 49.4 Å². The van der Waals surface area contributed by atoms with E-state index in [1.54, 1.807) is 12.1 Å². The normalized spacial score (nSPS) is 11.1. The van der Waals surface area contributed by atoms with Crippen LogP contribution in [0.3, 0.4) is 0 Å². The zero-order valence-electron chi connectivity index (χ0n) is 13.1. The third-order valence-electron chi connectivity index (χ3n) is 3.21. The van der Waals surface area contributed by atoms with Crippen LogP contribution in [0.25, 0.3) is 0 Å². The quantitative estimate of drug-likeness (QED) is 0.685. The zero-order valence-corrected chi connectivity index (χ0v) is 14.6. The molecule has 0 heterocycles. The Kier molecular flexibility index (Phi) is 5.85. The number of halogens is 2. The molecular formula is C17H17ClFNO3S. The highest BCUT2D eigenvalue weighted by atomic mass is 35.5. The number of benzene rings is 2. The molecule has 0 saturated heterocycles. The summed E-state index contributed by atoms with van der Waals surface area (Å²) < 4.78 is 45.6. The van der Waals surface area contributed by atoms with Gasteiger partial charge in [0.15, 0.2) is 0 Å². The van der Waals surface area contributed by atoms with Crippen LogP contribution in [0, 0.1) is 5.82 Å². The van der Waals surface area contributed by atoms with Crippen molar-refractivity contribution in [3.8, 4) is 5.75 Å². The second-order valence-corrected chi connectivity index (χ2v) is 7.10. The summed E-state index contributed by atoms with van der Waals surface area (Å²) in [6.07, 6.45) is 1.45. The molecule has 0 atom stereocenters. The first kappa shape index (κ1) is 18.3. The predicted octanol–water partition coefficient (Wildman–Crippen LogP) is 4.26. The van der Waals surface area contributed by atoms with Gasteiger partial charge >= 0.3 is 0 Å². The van der Waals surface area contributed by atoms with E-state index in [-0.39, 0.29) is 22.2 Å². The predicted molar refractivity (Wildman–Crippen MR) is 93.7 cm³/mol. The molecule has 0 aliphatic carbocycles. The molecular weight excluding hydrogens is 353 g/mol. The summed E-state index contributed by atoms with van der Waals surface area (Å²) in [4.78, 5) is 0.0910. The average molecular weight is 370 g/mol. The van der Waals surface area contributed by atoms with Crippen LogP contribution in [-0.2, 0) is 10.0 Å². The Morgan fingerprint density at radius 3 is 2.46 bits per heavy atom. The van der Waals surface area contributed by atoms with E-state index in [9.17, 15) is 12.8 Å². The average Bonchev–Trinajstić information content (AvgIpc) is 2.56. The second-order valence-electron chi connectivity index (χ2n) is 4.83. The summed E-state index contributed by atoms with van der Waals surface area (Å²) in [7, 11) is -3.85. The van der Waals surface area contributed by atoms with E-state index in [1.165, 1.54) is 30.3 Å². The maximum Gasteiger partial charge on any atom is 0.264 e. The summed E-state index contributed by atoms with van der Waals surface area (Å²) in [6, 6.07) is 9.84. The molecule has 0 saturated carbocycles. The fourth-order valence-electron chi connectivity index (χ4n) is 2.10. The van der Waals surface area contributed by atoms with Crippen LogP contribution in [0.15, 0.2) is 60.0 Å². The lowest BCUT2D eigenvalue weighted by atomic mass is 10.3. The molecule has 7 heteroatoms. The first-order chi connectivity index (χ1) is 11.4. The van der Waals surface area contributed by atoms with Gasteiger partial charge in [0.25, 0.3) is 10.0 Å². The van der Waals surface area contributed by atoms with Crippen molar-refractivity contribution < 1.29 is 17.5 Å². The Labute approximate surface area is 146 Å². The Bertz CT molecular complexity index is 822. The van der Waals surface area contributed by atoms with E-state index in [4.69, 9.17) is 16.3 Å². The van der Waals surface area contributed by atoms with Gasteiger partial charge in [-0.15, -0.1) is 6.58 Å². The van der Waals surface area contributed by atoms with Crippen molar-refractivity contribution in [3.63, 3.8) is 0 Å². The molecule has 0 aromatic heterocycles. The standard InChI is InChI=1S/C17H17ClFNO3S/c1-3-11-20(13-5-10-17(19)16(18)12-13)24(21,22)15-8-6-14(7-9-15)23-4-2/h3,5-10,12H,1,4,11H2,2H3. The van der Waals surface area contributed by atoms with Gasteiger partial charge in [-0.3, -0.25) is 4.31 Å². The minimum Gasteiger partial charge on any atom is -0.494 e. The fourth-order valence-corrected chi connectivity index (χ4v) is 3.70. The van der Waals surface area contributed by atoms with Gasteiger partial charge in [0.1, 0.15) is 11.6 Å². The molecule has 2 aromatic carbocycles. The zero-order chi connectivity index (χ0) is 17.7. The molecule has 2 aromatic rings. The van der Waals surface area contributed by atoms with E-state index in [0.29, 0.717) is 12.4 Å². The number of hydrogen-bond acceptors (Lipinski definition) is 3. The maximum atomic E-state index is 13.4. The topological polar surface area (TPSA) is 46.6 Å². The minimum atomic E-state index is -3.85. The highest BCUT2D eigenvalue weighted by molar-refractivity contribution is 7.92. The molecule has 0 aliphatic rings. The van der Waals surface area contributed by atoms with Crippen molar-refractivity contribution >= 4 is 27.3 Å². The fraction of sp³-hybridized carbons (Fsp3) is 0.176. The Hall–Kier alpha value is -2.05. The smallest absolute Gasteiger partial charge is 0.264 e. The van der Waals surface area contributed by atoms with E-state index >= 15 is 0 Å². The summed E-state index contributed by atoms with van der Waals surface area (Å²) in [6.45, 7) is 5.93. The van der Waals surface area contributed by atoms with Crippen molar-refractivity contribution in [2.45, 2.75) is 11.8 Å². The summed E-state index contributed by atoms with van der Waals surface area (Å²) in [5.41, 5.74) is 0.259. The Morgan fingerprint density at radius 1 is 1.25 bits per heavy atom. The first-order valence-corrected chi connectivity index (χ1v) is 9.03. The maximum absolute atomic E-state index is 13.4. The van der Waals surface area contributed by atoms with Crippen molar-refractivity contribution in [1.82, 2.24) is 0 Å². The number of sulfonamides is 1. The van der Waals surface area contributed by atoms with Gasteiger partial charge in [-0.25, -0.2) is 12.8 Å². The van der Waals surface area contributed by atoms with Gasteiger partial charge < -0.3 is 4.74 Å². The van der Waals surface area contributed by atoms with Crippen LogP contribution < -0.4 is 9.04 Å². The van der Waals surface area contributed by atoms with Gasteiger partial charge in [-0.2, -0.15) is 0 Å². The molecule has 0 amide bonds. The molecule has 0 spiro atoms. The molecule has 24 heavy (non-hydrogen) atoms. The number of ether oxygens (including phenoxy) is 1. The lowest BCUT2D eigenvalue weighted by molar-refractivity contribution is 0.340. The summed E-state index contributed by atoms with van der Waals surface area (Å²) in [5.74, 6) is -0.0333. The molecule has 0 bridgehead atoms. The lowest BCUT2D eigenvalue weighted by Gasteiger charge is -2.23. The highest BCUT2D eigenvalue weighted by Gasteiger charge is 2.24. The number of hydrogen-bond donors (Lipinski definition) is 0.